The summed E-state index contributed by atoms with van der Waals surface area (Å²) in [5.41, 5.74) is 2.18. The third kappa shape index (κ3) is 3.87. The Balaban J connectivity index is 1.97. The molecular weight excluding hydrogens is 376 g/mol. The molecule has 0 bridgehead atoms. The average Bonchev–Trinajstić information content (AvgIpc) is 3.01. The SMILES string of the molecule is Cc1csc(-c2cccc(Nc3ccc(S(N)(=O)=O)cc3[N+](=O)[O-])c2)n1. The summed E-state index contributed by atoms with van der Waals surface area (Å²) in [5, 5.41) is 22.1. The summed E-state index contributed by atoms with van der Waals surface area (Å²) in [6.07, 6.45) is 0. The Kier molecular flexibility index (Phi) is 4.72. The Hall–Kier alpha value is -2.82. The van der Waals surface area contributed by atoms with Crippen LogP contribution in [0.1, 0.15) is 5.69 Å². The van der Waals surface area contributed by atoms with Gasteiger partial charge in [-0.05, 0) is 31.2 Å². The van der Waals surface area contributed by atoms with E-state index >= 15 is 0 Å². The first-order valence-corrected chi connectivity index (χ1v) is 9.77. The van der Waals surface area contributed by atoms with E-state index in [1.807, 2.05) is 24.4 Å². The van der Waals surface area contributed by atoms with Crippen molar-refractivity contribution in [2.75, 3.05) is 5.32 Å². The fourth-order valence-corrected chi connectivity index (χ4v) is 3.65. The van der Waals surface area contributed by atoms with Crippen molar-refractivity contribution < 1.29 is 13.3 Å². The van der Waals surface area contributed by atoms with Crippen molar-refractivity contribution in [3.63, 3.8) is 0 Å². The van der Waals surface area contributed by atoms with Crippen LogP contribution in [-0.2, 0) is 10.0 Å². The highest BCUT2D eigenvalue weighted by atomic mass is 32.2. The van der Waals surface area contributed by atoms with Gasteiger partial charge in [-0.2, -0.15) is 0 Å². The van der Waals surface area contributed by atoms with Gasteiger partial charge in [0.1, 0.15) is 10.7 Å². The van der Waals surface area contributed by atoms with Crippen LogP contribution in [0.3, 0.4) is 0 Å². The van der Waals surface area contributed by atoms with Crippen LogP contribution >= 0.6 is 11.3 Å². The zero-order valence-electron chi connectivity index (χ0n) is 13.5. The maximum atomic E-state index is 11.4. The Morgan fingerprint density at radius 1 is 1.23 bits per heavy atom. The summed E-state index contributed by atoms with van der Waals surface area (Å²) in [5.74, 6) is 0. The number of nitrogens with two attached hydrogens (primary N) is 1. The molecule has 0 saturated carbocycles. The summed E-state index contributed by atoms with van der Waals surface area (Å²) >= 11 is 1.50. The van der Waals surface area contributed by atoms with Gasteiger partial charge in [-0.3, -0.25) is 10.1 Å². The number of nitrogens with zero attached hydrogens (tertiary/aromatic N) is 2. The molecule has 0 fully saturated rings. The van der Waals surface area contributed by atoms with Gasteiger partial charge in [-0.1, -0.05) is 12.1 Å². The van der Waals surface area contributed by atoms with Gasteiger partial charge in [0, 0.05) is 28.4 Å². The van der Waals surface area contributed by atoms with E-state index in [2.05, 4.69) is 10.3 Å². The first kappa shape index (κ1) is 18.0. The molecule has 0 atom stereocenters. The van der Waals surface area contributed by atoms with Crippen LogP contribution in [0.25, 0.3) is 10.6 Å². The number of hydrogen-bond donors (Lipinski definition) is 2. The Morgan fingerprint density at radius 2 is 2.00 bits per heavy atom. The van der Waals surface area contributed by atoms with Crippen LogP contribution in [0.4, 0.5) is 17.1 Å². The lowest BCUT2D eigenvalue weighted by atomic mass is 10.2. The first-order valence-electron chi connectivity index (χ1n) is 7.35. The van der Waals surface area contributed by atoms with E-state index in [0.717, 1.165) is 22.3 Å². The van der Waals surface area contributed by atoms with E-state index < -0.39 is 14.9 Å². The predicted molar refractivity (Wildman–Crippen MR) is 100 cm³/mol. The number of anilines is 2. The number of primary sulfonamides is 1. The third-order valence-corrected chi connectivity index (χ3v) is 5.42. The summed E-state index contributed by atoms with van der Waals surface area (Å²) in [6, 6.07) is 10.7. The van der Waals surface area contributed by atoms with Crippen molar-refractivity contribution >= 4 is 38.4 Å². The molecule has 1 aromatic heterocycles. The number of hydrogen-bond acceptors (Lipinski definition) is 7. The Bertz CT molecular complexity index is 1090. The Morgan fingerprint density at radius 3 is 2.62 bits per heavy atom. The molecule has 8 nitrogen and oxygen atoms in total. The van der Waals surface area contributed by atoms with Crippen molar-refractivity contribution in [2.24, 2.45) is 5.14 Å². The van der Waals surface area contributed by atoms with Crippen LogP contribution in [0.15, 0.2) is 52.7 Å². The molecule has 0 amide bonds. The molecule has 3 aromatic rings. The van der Waals surface area contributed by atoms with Gasteiger partial charge >= 0.3 is 0 Å². The van der Waals surface area contributed by atoms with Crippen molar-refractivity contribution in [3.05, 3.63) is 63.7 Å². The van der Waals surface area contributed by atoms with Gasteiger partial charge in [0.2, 0.25) is 10.0 Å². The van der Waals surface area contributed by atoms with Crippen LogP contribution in [0.5, 0.6) is 0 Å². The van der Waals surface area contributed by atoms with E-state index in [9.17, 15) is 18.5 Å². The molecule has 0 aliphatic heterocycles. The van der Waals surface area contributed by atoms with Crippen LogP contribution in [0.2, 0.25) is 0 Å². The monoisotopic (exact) mass is 390 g/mol. The molecular formula is C16H14N4O4S2. The highest BCUT2D eigenvalue weighted by molar-refractivity contribution is 7.89. The fraction of sp³-hybridized carbons (Fsp3) is 0.0625. The average molecular weight is 390 g/mol. The van der Waals surface area contributed by atoms with Crippen molar-refractivity contribution in [1.29, 1.82) is 0 Å². The zero-order chi connectivity index (χ0) is 18.9. The smallest absolute Gasteiger partial charge is 0.294 e. The molecule has 2 aromatic carbocycles. The molecule has 3 N–H and O–H groups in total. The standard InChI is InChI=1S/C16H14N4O4S2/c1-10-9-25-16(18-10)11-3-2-4-12(7-11)19-14-6-5-13(26(17,23)24)8-15(14)20(21)22/h2-9,19H,1H3,(H2,17,23,24). The largest absolute Gasteiger partial charge is 0.350 e. The molecule has 1 heterocycles. The van der Waals surface area contributed by atoms with E-state index in [4.69, 9.17) is 5.14 Å². The number of aromatic nitrogens is 1. The molecule has 0 aliphatic carbocycles. The van der Waals surface area contributed by atoms with Gasteiger partial charge < -0.3 is 5.32 Å². The minimum atomic E-state index is -4.03. The van der Waals surface area contributed by atoms with Crippen molar-refractivity contribution in [1.82, 2.24) is 4.98 Å². The van der Waals surface area contributed by atoms with Gasteiger partial charge in [0.05, 0.1) is 9.82 Å². The molecule has 0 spiro atoms. The number of nitrogens with one attached hydrogen (secondary N) is 1. The van der Waals surface area contributed by atoms with Crippen LogP contribution in [-0.4, -0.2) is 18.3 Å². The Labute approximate surface area is 153 Å². The number of thiazole rings is 1. The molecule has 134 valence electrons. The molecule has 0 saturated heterocycles. The van der Waals surface area contributed by atoms with Gasteiger partial charge in [-0.25, -0.2) is 18.5 Å². The number of nitro benzene ring substituents is 1. The quantitative estimate of drug-likeness (QED) is 0.507. The lowest BCUT2D eigenvalue weighted by molar-refractivity contribution is -0.384. The van der Waals surface area contributed by atoms with E-state index in [0.29, 0.717) is 5.69 Å². The maximum Gasteiger partial charge on any atom is 0.294 e. The number of nitro groups is 1. The number of benzene rings is 2. The molecule has 26 heavy (non-hydrogen) atoms. The molecule has 0 radical (unpaired) electrons. The minimum Gasteiger partial charge on any atom is -0.350 e. The second kappa shape index (κ2) is 6.83. The number of rotatable bonds is 5. The fourth-order valence-electron chi connectivity index (χ4n) is 2.32. The number of sulfonamides is 1. The highest BCUT2D eigenvalue weighted by Crippen LogP contribution is 2.32. The molecule has 0 aliphatic rings. The van der Waals surface area contributed by atoms with Crippen molar-refractivity contribution in [3.8, 4) is 10.6 Å². The predicted octanol–water partition coefficient (Wildman–Crippen LogP) is 3.42. The summed E-state index contributed by atoms with van der Waals surface area (Å²) in [7, 11) is -4.03. The minimum absolute atomic E-state index is 0.162. The van der Waals surface area contributed by atoms with Crippen LogP contribution in [0, 0.1) is 17.0 Å². The second-order valence-electron chi connectivity index (χ2n) is 5.48. The van der Waals surface area contributed by atoms with Crippen LogP contribution < -0.4 is 10.5 Å². The van der Waals surface area contributed by atoms with Gasteiger partial charge in [0.15, 0.2) is 0 Å². The zero-order valence-corrected chi connectivity index (χ0v) is 15.2. The molecule has 3 rings (SSSR count). The second-order valence-corrected chi connectivity index (χ2v) is 7.90. The van der Waals surface area contributed by atoms with E-state index in [-0.39, 0.29) is 16.3 Å². The van der Waals surface area contributed by atoms with Crippen molar-refractivity contribution in [2.45, 2.75) is 11.8 Å². The van der Waals surface area contributed by atoms with E-state index in [1.165, 1.54) is 23.5 Å². The summed E-state index contributed by atoms with van der Waals surface area (Å²) in [4.78, 5) is 14.7. The van der Waals surface area contributed by atoms with E-state index in [1.54, 1.807) is 12.1 Å². The van der Waals surface area contributed by atoms with Gasteiger partial charge in [-0.15, -0.1) is 11.3 Å². The molecule has 10 heteroatoms. The first-order chi connectivity index (χ1) is 12.2. The summed E-state index contributed by atoms with van der Waals surface area (Å²) < 4.78 is 22.8. The number of aryl methyl sites for hydroxylation is 1. The topological polar surface area (TPSA) is 128 Å². The normalized spacial score (nSPS) is 11.3. The lowest BCUT2D eigenvalue weighted by Crippen LogP contribution is -2.12. The van der Waals surface area contributed by atoms with Gasteiger partial charge in [0.25, 0.3) is 5.69 Å². The highest BCUT2D eigenvalue weighted by Gasteiger charge is 2.19. The molecule has 0 unspecified atom stereocenters. The maximum absolute atomic E-state index is 11.4. The lowest BCUT2D eigenvalue weighted by Gasteiger charge is -2.09. The summed E-state index contributed by atoms with van der Waals surface area (Å²) in [6.45, 7) is 1.90. The third-order valence-electron chi connectivity index (χ3n) is 3.50.